The number of nitrogens with zero attached hydrogens (tertiary/aromatic N) is 1. The number of likely N-dealkylation sites (tertiary alicyclic amines) is 1. The van der Waals surface area contributed by atoms with Gasteiger partial charge in [-0.05, 0) is 19.4 Å². The van der Waals surface area contributed by atoms with Gasteiger partial charge in [0.1, 0.15) is 6.04 Å². The predicted molar refractivity (Wildman–Crippen MR) is 63.3 cm³/mol. The first-order valence-electron chi connectivity index (χ1n) is 5.97. The molecular weight excluding hydrogens is 222 g/mol. The van der Waals surface area contributed by atoms with E-state index in [0.29, 0.717) is 13.1 Å². The highest BCUT2D eigenvalue weighted by Gasteiger charge is 2.30. The summed E-state index contributed by atoms with van der Waals surface area (Å²) >= 11 is 0. The minimum atomic E-state index is -0.280. The van der Waals surface area contributed by atoms with Gasteiger partial charge < -0.3 is 15.8 Å². The Morgan fingerprint density at radius 1 is 1.47 bits per heavy atom. The van der Waals surface area contributed by atoms with Gasteiger partial charge in [0.15, 0.2) is 0 Å². The molecule has 1 saturated heterocycles. The summed E-state index contributed by atoms with van der Waals surface area (Å²) in [6.07, 6.45) is 2.77. The molecule has 0 bridgehead atoms. The number of nitrogens with two attached hydrogens (primary N) is 1. The van der Waals surface area contributed by atoms with Crippen LogP contribution in [0, 0.1) is 0 Å². The molecule has 1 rings (SSSR count). The second-order valence-corrected chi connectivity index (χ2v) is 4.14. The van der Waals surface area contributed by atoms with Gasteiger partial charge in [0.2, 0.25) is 5.91 Å². The first-order chi connectivity index (χ1) is 8.19. The highest BCUT2D eigenvalue weighted by Crippen LogP contribution is 2.17. The molecule has 1 unspecified atom stereocenters. The maximum atomic E-state index is 11.6. The average molecular weight is 243 g/mol. The normalized spacial score (nSPS) is 20.9. The summed E-state index contributed by atoms with van der Waals surface area (Å²) in [5.41, 5.74) is 5.30. The summed E-state index contributed by atoms with van der Waals surface area (Å²) in [5, 5.41) is 2.70. The molecule has 3 N–H and O–H groups in total. The van der Waals surface area contributed by atoms with Gasteiger partial charge in [-0.2, -0.15) is 0 Å². The van der Waals surface area contributed by atoms with Crippen molar-refractivity contribution in [3.8, 4) is 0 Å². The van der Waals surface area contributed by atoms with Crippen LogP contribution in [0.4, 0.5) is 0 Å². The molecule has 0 aliphatic carbocycles. The van der Waals surface area contributed by atoms with Crippen LogP contribution < -0.4 is 11.1 Å². The molecule has 0 aromatic rings. The lowest BCUT2D eigenvalue weighted by atomic mass is 10.0. The van der Waals surface area contributed by atoms with E-state index in [2.05, 4.69) is 5.32 Å². The molecule has 0 radical (unpaired) electrons. The van der Waals surface area contributed by atoms with Gasteiger partial charge in [0.05, 0.1) is 13.7 Å². The van der Waals surface area contributed by atoms with E-state index >= 15 is 0 Å². The Kier molecular flexibility index (Phi) is 5.93. The van der Waals surface area contributed by atoms with E-state index < -0.39 is 0 Å². The molecule has 0 spiro atoms. The molecule has 17 heavy (non-hydrogen) atoms. The molecule has 6 heteroatoms. The number of carbonyl (C=O) groups excluding carboxylic acids is 2. The molecule has 98 valence electrons. The molecule has 1 aliphatic heterocycles. The maximum Gasteiger partial charge on any atom is 0.323 e. The molecule has 6 nitrogen and oxygen atoms in total. The first kappa shape index (κ1) is 13.9. The van der Waals surface area contributed by atoms with Crippen LogP contribution in [0.2, 0.25) is 0 Å². The summed E-state index contributed by atoms with van der Waals surface area (Å²) in [7, 11) is 1.38. The number of hydrogen-bond acceptors (Lipinski definition) is 5. The van der Waals surface area contributed by atoms with Crippen molar-refractivity contribution < 1.29 is 14.3 Å². The molecule has 1 fully saturated rings. The number of rotatable bonds is 5. The lowest BCUT2D eigenvalue weighted by Crippen LogP contribution is -2.49. The van der Waals surface area contributed by atoms with Gasteiger partial charge >= 0.3 is 5.97 Å². The molecular formula is C11H21N3O3. The summed E-state index contributed by atoms with van der Waals surface area (Å²) in [4.78, 5) is 25.0. The molecule has 0 saturated carbocycles. The number of amides is 1. The van der Waals surface area contributed by atoms with E-state index in [-0.39, 0.29) is 24.5 Å². The van der Waals surface area contributed by atoms with Crippen molar-refractivity contribution in [1.29, 1.82) is 0 Å². The molecule has 1 amide bonds. The first-order valence-corrected chi connectivity index (χ1v) is 5.97. The lowest BCUT2D eigenvalue weighted by molar-refractivity contribution is -0.148. The third-order valence-electron chi connectivity index (χ3n) is 2.90. The minimum Gasteiger partial charge on any atom is -0.468 e. The zero-order valence-electron chi connectivity index (χ0n) is 10.3. The van der Waals surface area contributed by atoms with Gasteiger partial charge in [0, 0.05) is 13.1 Å². The van der Waals surface area contributed by atoms with Crippen LogP contribution in [-0.2, 0) is 14.3 Å². The Morgan fingerprint density at radius 3 is 2.88 bits per heavy atom. The van der Waals surface area contributed by atoms with Crippen molar-refractivity contribution in [3.63, 3.8) is 0 Å². The summed E-state index contributed by atoms with van der Waals surface area (Å²) in [6, 6.07) is -0.280. The number of nitrogens with one attached hydrogen (secondary N) is 1. The van der Waals surface area contributed by atoms with E-state index in [0.717, 1.165) is 25.8 Å². The van der Waals surface area contributed by atoms with E-state index in [1.165, 1.54) is 7.11 Å². The summed E-state index contributed by atoms with van der Waals surface area (Å²) in [5.74, 6) is -0.345. The molecule has 1 heterocycles. The second kappa shape index (κ2) is 7.24. The van der Waals surface area contributed by atoms with Crippen LogP contribution in [0.15, 0.2) is 0 Å². The Labute approximate surface area is 101 Å². The smallest absolute Gasteiger partial charge is 0.323 e. The molecule has 1 atom stereocenters. The fraction of sp³-hybridized carbons (Fsp3) is 0.818. The SMILES string of the molecule is COC(=O)C1CCCCN1CC(=O)NCCN. The average Bonchev–Trinajstić information content (AvgIpc) is 2.36. The van der Waals surface area contributed by atoms with E-state index in [1.807, 2.05) is 4.90 Å². The van der Waals surface area contributed by atoms with Crippen molar-refractivity contribution in [3.05, 3.63) is 0 Å². The number of piperidine rings is 1. The third kappa shape index (κ3) is 4.32. The standard InChI is InChI=1S/C11H21N3O3/c1-17-11(16)9-4-2-3-7-14(9)8-10(15)13-6-5-12/h9H,2-8,12H2,1H3,(H,13,15). The quantitative estimate of drug-likeness (QED) is 0.611. The number of ether oxygens (including phenoxy) is 1. The zero-order valence-corrected chi connectivity index (χ0v) is 10.3. The number of methoxy groups -OCH3 is 1. The van der Waals surface area contributed by atoms with Gasteiger partial charge in [-0.25, -0.2) is 0 Å². The largest absolute Gasteiger partial charge is 0.468 e. The predicted octanol–water partition coefficient (Wildman–Crippen LogP) is -0.911. The molecule has 1 aliphatic rings. The van der Waals surface area contributed by atoms with Crippen LogP contribution in [0.3, 0.4) is 0 Å². The van der Waals surface area contributed by atoms with Crippen molar-refractivity contribution in [2.45, 2.75) is 25.3 Å². The van der Waals surface area contributed by atoms with Gasteiger partial charge in [-0.3, -0.25) is 14.5 Å². The van der Waals surface area contributed by atoms with Crippen molar-refractivity contribution in [2.24, 2.45) is 5.73 Å². The molecule has 0 aromatic heterocycles. The Morgan fingerprint density at radius 2 is 2.24 bits per heavy atom. The van der Waals surface area contributed by atoms with Gasteiger partial charge in [0.25, 0.3) is 0 Å². The Hall–Kier alpha value is -1.14. The van der Waals surface area contributed by atoms with Crippen molar-refractivity contribution in [2.75, 3.05) is 33.3 Å². The van der Waals surface area contributed by atoms with E-state index in [4.69, 9.17) is 10.5 Å². The summed E-state index contributed by atoms with van der Waals surface area (Å²) < 4.78 is 4.75. The number of hydrogen-bond donors (Lipinski definition) is 2. The Bertz CT molecular complexity index is 271. The van der Waals surface area contributed by atoms with Crippen LogP contribution in [0.25, 0.3) is 0 Å². The maximum absolute atomic E-state index is 11.6. The van der Waals surface area contributed by atoms with Crippen LogP contribution in [-0.4, -0.2) is 56.1 Å². The Balaban J connectivity index is 2.47. The van der Waals surface area contributed by atoms with Gasteiger partial charge in [-0.15, -0.1) is 0 Å². The summed E-state index contributed by atoms with van der Waals surface area (Å²) in [6.45, 7) is 1.89. The molecule has 0 aromatic carbocycles. The second-order valence-electron chi connectivity index (χ2n) is 4.14. The number of carbonyl (C=O) groups is 2. The number of esters is 1. The fourth-order valence-electron chi connectivity index (χ4n) is 2.04. The topological polar surface area (TPSA) is 84.7 Å². The van der Waals surface area contributed by atoms with Crippen LogP contribution in [0.1, 0.15) is 19.3 Å². The van der Waals surface area contributed by atoms with E-state index in [1.54, 1.807) is 0 Å². The lowest BCUT2D eigenvalue weighted by Gasteiger charge is -2.32. The van der Waals surface area contributed by atoms with E-state index in [9.17, 15) is 9.59 Å². The van der Waals surface area contributed by atoms with Gasteiger partial charge in [-0.1, -0.05) is 6.42 Å². The minimum absolute atomic E-state index is 0.0914. The highest BCUT2D eigenvalue weighted by molar-refractivity contribution is 5.80. The zero-order chi connectivity index (χ0) is 12.7. The van der Waals surface area contributed by atoms with Crippen molar-refractivity contribution >= 4 is 11.9 Å². The van der Waals surface area contributed by atoms with Crippen LogP contribution >= 0.6 is 0 Å². The fourth-order valence-corrected chi connectivity index (χ4v) is 2.04. The van der Waals surface area contributed by atoms with Crippen molar-refractivity contribution in [1.82, 2.24) is 10.2 Å². The third-order valence-corrected chi connectivity index (χ3v) is 2.90. The van der Waals surface area contributed by atoms with Crippen LogP contribution in [0.5, 0.6) is 0 Å². The highest BCUT2D eigenvalue weighted by atomic mass is 16.5. The monoisotopic (exact) mass is 243 g/mol.